The van der Waals surface area contributed by atoms with Gasteiger partial charge in [0.15, 0.2) is 0 Å². The van der Waals surface area contributed by atoms with Crippen LogP contribution >= 0.6 is 0 Å². The van der Waals surface area contributed by atoms with E-state index >= 15 is 0 Å². The molecule has 1 atom stereocenters. The Bertz CT molecular complexity index is 139. The van der Waals surface area contributed by atoms with Crippen LogP contribution < -0.4 is 5.32 Å². The third-order valence-corrected chi connectivity index (χ3v) is 3.28. The van der Waals surface area contributed by atoms with Crippen molar-refractivity contribution in [2.45, 2.75) is 33.1 Å². The molecule has 13 heavy (non-hydrogen) atoms. The molecule has 1 aliphatic rings. The minimum absolute atomic E-state index is 0.434. The van der Waals surface area contributed by atoms with Crippen LogP contribution in [0.3, 0.4) is 0 Å². The lowest BCUT2D eigenvalue weighted by atomic mass is 9.74. The number of rotatable bonds is 4. The molecule has 1 fully saturated rings. The summed E-state index contributed by atoms with van der Waals surface area (Å²) in [4.78, 5) is 0. The minimum atomic E-state index is 0.434. The number of hydrogen-bond acceptors (Lipinski definition) is 2. The van der Waals surface area contributed by atoms with Crippen LogP contribution in [0.1, 0.15) is 33.1 Å². The quantitative estimate of drug-likeness (QED) is 0.724. The standard InChI is InChI=1S/C11H23NO/c1-11(2,6-7-12-3)10-5-4-8-13-9-10/h10,12H,4-9H2,1-3H3. The Morgan fingerprint density at radius 1 is 1.46 bits per heavy atom. The molecule has 1 unspecified atom stereocenters. The second-order valence-electron chi connectivity index (χ2n) is 4.76. The highest BCUT2D eigenvalue weighted by molar-refractivity contribution is 4.80. The van der Waals surface area contributed by atoms with Gasteiger partial charge in [0, 0.05) is 13.2 Å². The van der Waals surface area contributed by atoms with Crippen molar-refractivity contribution in [2.75, 3.05) is 26.8 Å². The van der Waals surface area contributed by atoms with E-state index in [2.05, 4.69) is 19.2 Å². The first-order valence-electron chi connectivity index (χ1n) is 5.39. The average molecular weight is 185 g/mol. The zero-order valence-corrected chi connectivity index (χ0v) is 9.23. The largest absolute Gasteiger partial charge is 0.381 e. The van der Waals surface area contributed by atoms with Gasteiger partial charge >= 0.3 is 0 Å². The molecule has 0 saturated carbocycles. The molecule has 0 radical (unpaired) electrons. The normalized spacial score (nSPS) is 24.7. The maximum atomic E-state index is 5.53. The van der Waals surface area contributed by atoms with Crippen LogP contribution in [0.2, 0.25) is 0 Å². The van der Waals surface area contributed by atoms with Crippen molar-refractivity contribution in [2.24, 2.45) is 11.3 Å². The molecule has 0 aromatic carbocycles. The Balaban J connectivity index is 2.36. The van der Waals surface area contributed by atoms with Crippen molar-refractivity contribution in [1.29, 1.82) is 0 Å². The lowest BCUT2D eigenvalue weighted by Crippen LogP contribution is -2.33. The first kappa shape index (κ1) is 11.0. The van der Waals surface area contributed by atoms with Crippen molar-refractivity contribution in [3.8, 4) is 0 Å². The molecule has 0 aromatic rings. The van der Waals surface area contributed by atoms with Gasteiger partial charge in [0.2, 0.25) is 0 Å². The summed E-state index contributed by atoms with van der Waals surface area (Å²) in [6, 6.07) is 0. The maximum absolute atomic E-state index is 5.53. The average Bonchev–Trinajstić information content (AvgIpc) is 2.16. The van der Waals surface area contributed by atoms with Gasteiger partial charge in [-0.05, 0) is 44.2 Å². The van der Waals surface area contributed by atoms with Crippen molar-refractivity contribution < 1.29 is 4.74 Å². The highest BCUT2D eigenvalue weighted by atomic mass is 16.5. The minimum Gasteiger partial charge on any atom is -0.381 e. The van der Waals surface area contributed by atoms with Crippen molar-refractivity contribution in [3.63, 3.8) is 0 Å². The summed E-state index contributed by atoms with van der Waals surface area (Å²) in [6.45, 7) is 7.78. The lowest BCUT2D eigenvalue weighted by Gasteiger charge is -2.36. The van der Waals surface area contributed by atoms with E-state index in [0.717, 1.165) is 25.7 Å². The van der Waals surface area contributed by atoms with Gasteiger partial charge in [-0.25, -0.2) is 0 Å². The van der Waals surface area contributed by atoms with Crippen molar-refractivity contribution in [1.82, 2.24) is 5.32 Å². The molecule has 2 heteroatoms. The fourth-order valence-electron chi connectivity index (χ4n) is 2.01. The van der Waals surface area contributed by atoms with Gasteiger partial charge in [0.1, 0.15) is 0 Å². The zero-order chi connectivity index (χ0) is 9.73. The van der Waals surface area contributed by atoms with Gasteiger partial charge in [-0.2, -0.15) is 0 Å². The maximum Gasteiger partial charge on any atom is 0.0499 e. The predicted octanol–water partition coefficient (Wildman–Crippen LogP) is 2.05. The van der Waals surface area contributed by atoms with Gasteiger partial charge in [-0.15, -0.1) is 0 Å². The van der Waals surface area contributed by atoms with E-state index in [4.69, 9.17) is 4.74 Å². The van der Waals surface area contributed by atoms with Crippen LogP contribution in [0.25, 0.3) is 0 Å². The molecular weight excluding hydrogens is 162 g/mol. The second-order valence-corrected chi connectivity index (χ2v) is 4.76. The summed E-state index contributed by atoms with van der Waals surface area (Å²) in [5.74, 6) is 0.759. The van der Waals surface area contributed by atoms with Crippen LogP contribution in [-0.4, -0.2) is 26.8 Å². The Kier molecular flexibility index (Phi) is 4.20. The topological polar surface area (TPSA) is 21.3 Å². The first-order chi connectivity index (χ1) is 6.17. The van der Waals surface area contributed by atoms with Crippen LogP contribution in [0.4, 0.5) is 0 Å². The van der Waals surface area contributed by atoms with Gasteiger partial charge in [0.25, 0.3) is 0 Å². The SMILES string of the molecule is CNCCC(C)(C)C1CCCOC1. The van der Waals surface area contributed by atoms with Crippen LogP contribution in [0.15, 0.2) is 0 Å². The summed E-state index contributed by atoms with van der Waals surface area (Å²) in [6.07, 6.45) is 3.84. The van der Waals surface area contributed by atoms with Gasteiger partial charge < -0.3 is 10.1 Å². The number of hydrogen-bond donors (Lipinski definition) is 1. The molecule has 1 N–H and O–H groups in total. The van der Waals surface area contributed by atoms with E-state index in [0.29, 0.717) is 5.41 Å². The summed E-state index contributed by atoms with van der Waals surface area (Å²) in [5, 5.41) is 3.22. The summed E-state index contributed by atoms with van der Waals surface area (Å²) < 4.78 is 5.53. The Hall–Kier alpha value is -0.0800. The zero-order valence-electron chi connectivity index (χ0n) is 9.23. The van der Waals surface area contributed by atoms with E-state index < -0.39 is 0 Å². The molecule has 0 aromatic heterocycles. The van der Waals surface area contributed by atoms with E-state index in [1.165, 1.54) is 19.3 Å². The number of ether oxygens (including phenoxy) is 1. The van der Waals surface area contributed by atoms with Crippen LogP contribution in [0, 0.1) is 11.3 Å². The Labute approximate surface area is 82.0 Å². The van der Waals surface area contributed by atoms with E-state index in [1.54, 1.807) is 0 Å². The molecule has 0 spiro atoms. The van der Waals surface area contributed by atoms with Gasteiger partial charge in [0.05, 0.1) is 0 Å². The first-order valence-corrected chi connectivity index (χ1v) is 5.39. The molecule has 0 bridgehead atoms. The third kappa shape index (κ3) is 3.28. The Morgan fingerprint density at radius 2 is 2.23 bits per heavy atom. The lowest BCUT2D eigenvalue weighted by molar-refractivity contribution is 0.00117. The second kappa shape index (κ2) is 4.97. The number of nitrogens with one attached hydrogen (secondary N) is 1. The molecule has 0 amide bonds. The molecule has 2 nitrogen and oxygen atoms in total. The predicted molar refractivity (Wildman–Crippen MR) is 55.9 cm³/mol. The highest BCUT2D eigenvalue weighted by Crippen LogP contribution is 2.35. The van der Waals surface area contributed by atoms with Crippen LogP contribution in [0.5, 0.6) is 0 Å². The Morgan fingerprint density at radius 3 is 2.77 bits per heavy atom. The van der Waals surface area contributed by atoms with Crippen LogP contribution in [-0.2, 0) is 4.74 Å². The fraction of sp³-hybridized carbons (Fsp3) is 1.00. The van der Waals surface area contributed by atoms with E-state index in [9.17, 15) is 0 Å². The molecule has 1 aliphatic heterocycles. The molecular formula is C11H23NO. The molecule has 0 aliphatic carbocycles. The van der Waals surface area contributed by atoms with Crippen molar-refractivity contribution >= 4 is 0 Å². The van der Waals surface area contributed by atoms with E-state index in [1.807, 2.05) is 7.05 Å². The molecule has 1 saturated heterocycles. The smallest absolute Gasteiger partial charge is 0.0499 e. The van der Waals surface area contributed by atoms with E-state index in [-0.39, 0.29) is 0 Å². The molecule has 1 rings (SSSR count). The third-order valence-electron chi connectivity index (χ3n) is 3.28. The van der Waals surface area contributed by atoms with Gasteiger partial charge in [-0.1, -0.05) is 13.8 Å². The van der Waals surface area contributed by atoms with Gasteiger partial charge in [-0.3, -0.25) is 0 Å². The monoisotopic (exact) mass is 185 g/mol. The summed E-state index contributed by atoms with van der Waals surface area (Å²) in [5.41, 5.74) is 0.434. The molecule has 1 heterocycles. The summed E-state index contributed by atoms with van der Waals surface area (Å²) >= 11 is 0. The fourth-order valence-corrected chi connectivity index (χ4v) is 2.01. The highest BCUT2D eigenvalue weighted by Gasteiger charge is 2.30. The summed E-state index contributed by atoms with van der Waals surface area (Å²) in [7, 11) is 2.02. The van der Waals surface area contributed by atoms with Crippen molar-refractivity contribution in [3.05, 3.63) is 0 Å². The molecule has 78 valence electrons.